The number of benzene rings is 1. The number of carboxylic acids is 1. The monoisotopic (exact) mass is 291 g/mol. The molecule has 7 heteroatoms. The Morgan fingerprint density at radius 1 is 1.38 bits per heavy atom. The van der Waals surface area contributed by atoms with Crippen molar-refractivity contribution >= 4 is 23.4 Å². The zero-order valence-corrected chi connectivity index (χ0v) is 11.7. The Balaban J connectivity index is 2.29. The lowest BCUT2D eigenvalue weighted by Crippen LogP contribution is -3.12. The number of quaternary nitrogens is 1. The molecule has 1 heterocycles. The molecule has 0 spiro atoms. The van der Waals surface area contributed by atoms with Crippen molar-refractivity contribution in [3.8, 4) is 0 Å². The fourth-order valence-electron chi connectivity index (χ4n) is 2.35. The Morgan fingerprint density at radius 2 is 2.05 bits per heavy atom. The third-order valence-electron chi connectivity index (χ3n) is 3.57. The predicted molar refractivity (Wildman–Crippen MR) is 76.0 cm³/mol. The van der Waals surface area contributed by atoms with Crippen molar-refractivity contribution in [3.05, 3.63) is 40.0 Å². The average molecular weight is 291 g/mol. The molecule has 1 saturated heterocycles. The standard InChI is InChI=1S/C14H17N3O4/c1-15-6-8-16(9-7-15)12-4-2-11(3-5-14(18)19)10-13(12)17(20)21/h2-5,10H,6-9H2,1H3,(H,18,19)/b5-3+. The smallest absolute Gasteiger partial charge is 0.293 e. The topological polar surface area (TPSA) is 91.0 Å². The van der Waals surface area contributed by atoms with Crippen LogP contribution in [0.3, 0.4) is 0 Å². The molecule has 7 nitrogen and oxygen atoms in total. The van der Waals surface area contributed by atoms with E-state index in [9.17, 15) is 20.0 Å². The Bertz CT molecular complexity index is 578. The zero-order chi connectivity index (χ0) is 15.4. The number of carbonyl (C=O) groups excluding carboxylic acids is 1. The molecule has 1 fully saturated rings. The normalized spacial score (nSPS) is 16.3. The second-order valence-electron chi connectivity index (χ2n) is 5.10. The van der Waals surface area contributed by atoms with Crippen LogP contribution in [0.5, 0.6) is 0 Å². The lowest BCUT2D eigenvalue weighted by atomic mass is 10.1. The van der Waals surface area contributed by atoms with Crippen molar-refractivity contribution in [2.75, 3.05) is 38.1 Å². The molecule has 1 aliphatic rings. The number of hydrogen-bond acceptors (Lipinski definition) is 5. The molecule has 21 heavy (non-hydrogen) atoms. The van der Waals surface area contributed by atoms with E-state index in [1.165, 1.54) is 17.0 Å². The number of rotatable bonds is 4. The molecule has 0 aromatic heterocycles. The van der Waals surface area contributed by atoms with Crippen LogP contribution in [0.1, 0.15) is 5.56 Å². The number of nitro benzene ring substituents is 1. The van der Waals surface area contributed by atoms with Crippen LogP contribution in [0, 0.1) is 10.1 Å². The van der Waals surface area contributed by atoms with Crippen LogP contribution in [-0.2, 0) is 4.79 Å². The highest BCUT2D eigenvalue weighted by Crippen LogP contribution is 2.29. The molecule has 1 N–H and O–H groups in total. The van der Waals surface area contributed by atoms with Gasteiger partial charge in [-0.3, -0.25) is 10.1 Å². The first-order chi connectivity index (χ1) is 9.97. The molecule has 0 radical (unpaired) electrons. The first kappa shape index (κ1) is 15.0. The van der Waals surface area contributed by atoms with Gasteiger partial charge in [0.15, 0.2) is 0 Å². The lowest BCUT2D eigenvalue weighted by molar-refractivity contribution is -0.880. The zero-order valence-electron chi connectivity index (χ0n) is 11.7. The van der Waals surface area contributed by atoms with Gasteiger partial charge in [0.1, 0.15) is 5.69 Å². The van der Waals surface area contributed by atoms with Crippen LogP contribution in [0.25, 0.3) is 6.08 Å². The summed E-state index contributed by atoms with van der Waals surface area (Å²) < 4.78 is 0. The van der Waals surface area contributed by atoms with Crippen molar-refractivity contribution in [2.24, 2.45) is 0 Å². The fourth-order valence-corrected chi connectivity index (χ4v) is 2.35. The fraction of sp³-hybridized carbons (Fsp3) is 0.357. The van der Waals surface area contributed by atoms with E-state index in [4.69, 9.17) is 0 Å². The van der Waals surface area contributed by atoms with Crippen molar-refractivity contribution in [3.63, 3.8) is 0 Å². The van der Waals surface area contributed by atoms with E-state index in [1.54, 1.807) is 12.1 Å². The van der Waals surface area contributed by atoms with Crippen LogP contribution >= 0.6 is 0 Å². The number of carboxylic acid groups (broad SMARTS) is 1. The molecular weight excluding hydrogens is 274 g/mol. The quantitative estimate of drug-likeness (QED) is 0.423. The lowest BCUT2D eigenvalue weighted by Gasteiger charge is -2.31. The highest BCUT2D eigenvalue weighted by atomic mass is 16.6. The molecule has 0 bridgehead atoms. The second kappa shape index (κ2) is 6.36. The molecule has 112 valence electrons. The molecule has 2 rings (SSSR count). The minimum Gasteiger partial charge on any atom is -0.545 e. The van der Waals surface area contributed by atoms with Gasteiger partial charge in [0.05, 0.1) is 44.1 Å². The van der Waals surface area contributed by atoms with Gasteiger partial charge in [-0.15, -0.1) is 0 Å². The van der Waals surface area contributed by atoms with Gasteiger partial charge < -0.3 is 19.7 Å². The first-order valence-electron chi connectivity index (χ1n) is 6.71. The molecule has 0 atom stereocenters. The number of piperazine rings is 1. The summed E-state index contributed by atoms with van der Waals surface area (Å²) in [5, 5.41) is 21.6. The van der Waals surface area contributed by atoms with Gasteiger partial charge >= 0.3 is 0 Å². The highest BCUT2D eigenvalue weighted by molar-refractivity contribution is 5.84. The van der Waals surface area contributed by atoms with E-state index in [-0.39, 0.29) is 5.69 Å². The summed E-state index contributed by atoms with van der Waals surface area (Å²) in [6.45, 7) is 3.40. The second-order valence-corrected chi connectivity index (χ2v) is 5.10. The van der Waals surface area contributed by atoms with Gasteiger partial charge in [-0.2, -0.15) is 0 Å². The molecule has 0 unspecified atom stereocenters. The number of aliphatic carboxylic acids is 1. The van der Waals surface area contributed by atoms with Crippen LogP contribution in [0.4, 0.5) is 11.4 Å². The number of nitro groups is 1. The summed E-state index contributed by atoms with van der Waals surface area (Å²) in [7, 11) is 2.10. The van der Waals surface area contributed by atoms with Gasteiger partial charge in [0.2, 0.25) is 0 Å². The molecule has 0 aliphatic carbocycles. The molecular formula is C14H17N3O4. The summed E-state index contributed by atoms with van der Waals surface area (Å²) in [4.78, 5) is 24.6. The number of nitrogens with zero attached hydrogens (tertiary/aromatic N) is 2. The Hall–Kier alpha value is -2.41. The molecule has 0 saturated carbocycles. The van der Waals surface area contributed by atoms with Crippen LogP contribution < -0.4 is 14.9 Å². The summed E-state index contributed by atoms with van der Waals surface area (Å²) in [6.07, 6.45) is 2.15. The minimum atomic E-state index is -1.33. The number of hydrogen-bond donors (Lipinski definition) is 1. The first-order valence-corrected chi connectivity index (χ1v) is 6.71. The van der Waals surface area contributed by atoms with Crippen LogP contribution in [0.2, 0.25) is 0 Å². The molecule has 0 amide bonds. The number of anilines is 1. The van der Waals surface area contributed by atoms with Gasteiger partial charge in [-0.25, -0.2) is 0 Å². The minimum absolute atomic E-state index is 0.00458. The van der Waals surface area contributed by atoms with Crippen LogP contribution in [0.15, 0.2) is 24.3 Å². The van der Waals surface area contributed by atoms with Crippen molar-refractivity contribution < 1.29 is 19.7 Å². The van der Waals surface area contributed by atoms with Gasteiger partial charge in [-0.1, -0.05) is 12.1 Å². The summed E-state index contributed by atoms with van der Waals surface area (Å²) in [6, 6.07) is 4.74. The van der Waals surface area contributed by atoms with E-state index < -0.39 is 10.9 Å². The molecule has 1 aromatic carbocycles. The summed E-state index contributed by atoms with van der Waals surface area (Å²) in [5.41, 5.74) is 1.04. The maximum atomic E-state index is 11.2. The van der Waals surface area contributed by atoms with Crippen molar-refractivity contribution in [2.45, 2.75) is 0 Å². The largest absolute Gasteiger partial charge is 0.545 e. The van der Waals surface area contributed by atoms with E-state index in [1.807, 2.05) is 4.90 Å². The van der Waals surface area contributed by atoms with Gasteiger partial charge in [-0.05, 0) is 17.7 Å². The number of nitrogens with one attached hydrogen (secondary N) is 1. The van der Waals surface area contributed by atoms with Gasteiger partial charge in [0.25, 0.3) is 5.69 Å². The van der Waals surface area contributed by atoms with Crippen molar-refractivity contribution in [1.82, 2.24) is 0 Å². The SMILES string of the molecule is C[NH+]1CCN(c2ccc(/C=C/C(=O)[O-])cc2[N+](=O)[O-])CC1. The maximum Gasteiger partial charge on any atom is 0.293 e. The maximum absolute atomic E-state index is 11.2. The summed E-state index contributed by atoms with van der Waals surface area (Å²) in [5.74, 6) is -1.33. The predicted octanol–water partition coefficient (Wildman–Crippen LogP) is -1.31. The van der Waals surface area contributed by atoms with E-state index >= 15 is 0 Å². The van der Waals surface area contributed by atoms with E-state index in [0.29, 0.717) is 11.3 Å². The Morgan fingerprint density at radius 3 is 2.62 bits per heavy atom. The average Bonchev–Trinajstić information content (AvgIpc) is 2.45. The molecule has 1 aromatic rings. The van der Waals surface area contributed by atoms with Crippen LogP contribution in [-0.4, -0.2) is 44.1 Å². The highest BCUT2D eigenvalue weighted by Gasteiger charge is 2.24. The Kier molecular flexibility index (Phi) is 4.54. The molecule has 1 aliphatic heterocycles. The van der Waals surface area contributed by atoms with Gasteiger partial charge in [0, 0.05) is 6.07 Å². The Labute approximate surface area is 122 Å². The number of likely N-dealkylation sites (N-methyl/N-ethyl adjacent to an activating group) is 1. The third kappa shape index (κ3) is 3.79. The van der Waals surface area contributed by atoms with Crippen molar-refractivity contribution in [1.29, 1.82) is 0 Å². The number of carbonyl (C=O) groups is 1. The third-order valence-corrected chi connectivity index (χ3v) is 3.57. The van der Waals surface area contributed by atoms with E-state index in [0.717, 1.165) is 32.3 Å². The summed E-state index contributed by atoms with van der Waals surface area (Å²) >= 11 is 0. The van der Waals surface area contributed by atoms with E-state index in [2.05, 4.69) is 7.05 Å².